The van der Waals surface area contributed by atoms with Crippen LogP contribution in [0.3, 0.4) is 0 Å². The van der Waals surface area contributed by atoms with Crippen molar-refractivity contribution in [2.45, 2.75) is 51.6 Å². The number of hydrogen-bond acceptors (Lipinski definition) is 2. The van der Waals surface area contributed by atoms with E-state index < -0.39 is 0 Å². The Bertz CT molecular complexity index is 508. The molecule has 2 heterocycles. The summed E-state index contributed by atoms with van der Waals surface area (Å²) in [6.45, 7) is 6.76. The number of aryl methyl sites for hydroxylation is 1. The van der Waals surface area contributed by atoms with Crippen molar-refractivity contribution in [1.82, 2.24) is 19.7 Å². The molecule has 0 aliphatic carbocycles. The monoisotopic (exact) mass is 333 g/mol. The average Bonchev–Trinajstić information content (AvgIpc) is 2.97. The van der Waals surface area contributed by atoms with Crippen molar-refractivity contribution in [2.24, 2.45) is 12.0 Å². The maximum Gasteiger partial charge on any atom is 0.193 e. The van der Waals surface area contributed by atoms with E-state index in [1.807, 2.05) is 7.05 Å². The first-order valence-electron chi connectivity index (χ1n) is 9.38. The van der Waals surface area contributed by atoms with Crippen LogP contribution in [0.25, 0.3) is 0 Å². The van der Waals surface area contributed by atoms with E-state index in [1.54, 1.807) is 0 Å². The molecule has 1 fully saturated rings. The summed E-state index contributed by atoms with van der Waals surface area (Å²) in [5, 5.41) is 3.50. The molecular formula is C19H35N5. The van der Waals surface area contributed by atoms with Crippen LogP contribution in [-0.4, -0.2) is 60.1 Å². The fourth-order valence-electron chi connectivity index (χ4n) is 3.49. The first kappa shape index (κ1) is 18.8. The molecule has 0 spiro atoms. The van der Waals surface area contributed by atoms with Crippen LogP contribution in [0.5, 0.6) is 0 Å². The minimum absolute atomic E-state index is 0.774. The summed E-state index contributed by atoms with van der Waals surface area (Å²) in [7, 11) is 6.04. The Morgan fingerprint density at radius 3 is 2.88 bits per heavy atom. The van der Waals surface area contributed by atoms with Gasteiger partial charge in [0, 0.05) is 45.6 Å². The summed E-state index contributed by atoms with van der Waals surface area (Å²) in [4.78, 5) is 9.24. The van der Waals surface area contributed by atoms with Crippen molar-refractivity contribution in [3.05, 3.63) is 24.0 Å². The molecule has 1 aliphatic heterocycles. The van der Waals surface area contributed by atoms with E-state index in [0.29, 0.717) is 0 Å². The van der Waals surface area contributed by atoms with Crippen LogP contribution in [0.1, 0.15) is 44.7 Å². The van der Waals surface area contributed by atoms with Crippen molar-refractivity contribution < 1.29 is 0 Å². The fraction of sp³-hybridized carbons (Fsp3) is 0.737. The molecule has 24 heavy (non-hydrogen) atoms. The minimum Gasteiger partial charge on any atom is -0.356 e. The van der Waals surface area contributed by atoms with E-state index in [2.05, 4.69) is 64.0 Å². The Morgan fingerprint density at radius 2 is 2.21 bits per heavy atom. The number of aromatic nitrogens is 1. The molecule has 1 unspecified atom stereocenters. The number of nitrogens with one attached hydrogen (secondary N) is 1. The fourth-order valence-corrected chi connectivity index (χ4v) is 3.49. The highest BCUT2D eigenvalue weighted by molar-refractivity contribution is 5.79. The Morgan fingerprint density at radius 1 is 1.38 bits per heavy atom. The van der Waals surface area contributed by atoms with E-state index in [4.69, 9.17) is 0 Å². The van der Waals surface area contributed by atoms with Crippen LogP contribution in [0.15, 0.2) is 23.3 Å². The molecule has 5 nitrogen and oxygen atoms in total. The number of unbranched alkanes of at least 4 members (excludes halogenated alkanes) is 1. The lowest BCUT2D eigenvalue weighted by atomic mass is 10.0. The highest BCUT2D eigenvalue weighted by atomic mass is 15.3. The van der Waals surface area contributed by atoms with Gasteiger partial charge in [0.25, 0.3) is 0 Å². The van der Waals surface area contributed by atoms with Crippen molar-refractivity contribution in [3.8, 4) is 0 Å². The molecule has 5 heteroatoms. The highest BCUT2D eigenvalue weighted by Gasteiger charge is 2.17. The lowest BCUT2D eigenvalue weighted by Crippen LogP contribution is -2.40. The van der Waals surface area contributed by atoms with Gasteiger partial charge in [-0.25, -0.2) is 0 Å². The van der Waals surface area contributed by atoms with Gasteiger partial charge < -0.3 is 19.7 Å². The highest BCUT2D eigenvalue weighted by Crippen LogP contribution is 2.16. The van der Waals surface area contributed by atoms with Crippen LogP contribution in [0.4, 0.5) is 0 Å². The van der Waals surface area contributed by atoms with Gasteiger partial charge >= 0.3 is 0 Å². The Hall–Kier alpha value is -1.49. The van der Waals surface area contributed by atoms with Crippen molar-refractivity contribution >= 4 is 5.96 Å². The van der Waals surface area contributed by atoms with Gasteiger partial charge in [0.1, 0.15) is 0 Å². The summed E-state index contributed by atoms with van der Waals surface area (Å²) in [6.07, 6.45) is 8.69. The standard InChI is InChI=1S/C19H35N5/c1-17-10-5-7-14-24(17)15-8-6-12-21-19(20-2)23(4)16-18-11-9-13-22(18)3/h9,11,13,17H,5-8,10,12,14-16H2,1-4H3,(H,20,21). The molecule has 1 aromatic heterocycles. The molecule has 136 valence electrons. The SMILES string of the molecule is CN=C(NCCCCN1CCCCC1C)N(C)Cc1cccn1C. The zero-order chi connectivity index (χ0) is 17.4. The third kappa shape index (κ3) is 5.55. The normalized spacial score (nSPS) is 19.5. The lowest BCUT2D eigenvalue weighted by molar-refractivity contribution is 0.158. The molecule has 1 aliphatic rings. The summed E-state index contributed by atoms with van der Waals surface area (Å²) in [5.41, 5.74) is 1.29. The molecule has 0 bridgehead atoms. The van der Waals surface area contributed by atoms with Gasteiger partial charge in [-0.3, -0.25) is 4.99 Å². The van der Waals surface area contributed by atoms with Gasteiger partial charge in [-0.15, -0.1) is 0 Å². The predicted molar refractivity (Wildman–Crippen MR) is 102 cm³/mol. The van der Waals surface area contributed by atoms with Crippen LogP contribution >= 0.6 is 0 Å². The van der Waals surface area contributed by atoms with E-state index >= 15 is 0 Å². The van der Waals surface area contributed by atoms with Crippen LogP contribution < -0.4 is 5.32 Å². The largest absolute Gasteiger partial charge is 0.356 e. The number of guanidine groups is 1. The molecular weight excluding hydrogens is 298 g/mol. The summed E-state index contributed by atoms with van der Waals surface area (Å²) in [5.74, 6) is 0.975. The van der Waals surface area contributed by atoms with Gasteiger partial charge in [0.05, 0.1) is 6.54 Å². The smallest absolute Gasteiger partial charge is 0.193 e. The Balaban J connectivity index is 1.65. The molecule has 0 amide bonds. The predicted octanol–water partition coefficient (Wildman–Crippen LogP) is 2.69. The van der Waals surface area contributed by atoms with Gasteiger partial charge in [-0.05, 0) is 57.8 Å². The third-order valence-corrected chi connectivity index (χ3v) is 5.12. The average molecular weight is 334 g/mol. The Labute approximate surface area is 147 Å². The molecule has 1 aromatic rings. The topological polar surface area (TPSA) is 35.8 Å². The van der Waals surface area contributed by atoms with Gasteiger partial charge in [-0.1, -0.05) is 6.42 Å². The van der Waals surface area contributed by atoms with Crippen molar-refractivity contribution in [2.75, 3.05) is 33.7 Å². The maximum absolute atomic E-state index is 4.41. The molecule has 1 saturated heterocycles. The quantitative estimate of drug-likeness (QED) is 0.473. The molecule has 0 saturated carbocycles. The van der Waals surface area contributed by atoms with Crippen LogP contribution in [0.2, 0.25) is 0 Å². The Kier molecular flexibility index (Phi) is 7.63. The number of aliphatic imine (C=N–C) groups is 1. The summed E-state index contributed by atoms with van der Waals surface area (Å²) in [6, 6.07) is 5.01. The third-order valence-electron chi connectivity index (χ3n) is 5.12. The van der Waals surface area contributed by atoms with Gasteiger partial charge in [0.15, 0.2) is 5.96 Å². The van der Waals surface area contributed by atoms with Gasteiger partial charge in [-0.2, -0.15) is 0 Å². The molecule has 0 radical (unpaired) electrons. The number of rotatable bonds is 7. The number of hydrogen-bond donors (Lipinski definition) is 1. The second-order valence-corrected chi connectivity index (χ2v) is 7.03. The number of piperidine rings is 1. The zero-order valence-corrected chi connectivity index (χ0v) is 16.0. The molecule has 1 N–H and O–H groups in total. The summed E-state index contributed by atoms with van der Waals surface area (Å²) < 4.78 is 2.16. The van der Waals surface area contributed by atoms with E-state index in [-0.39, 0.29) is 0 Å². The van der Waals surface area contributed by atoms with Crippen molar-refractivity contribution in [3.63, 3.8) is 0 Å². The molecule has 2 rings (SSSR count). The number of likely N-dealkylation sites (tertiary alicyclic amines) is 1. The second kappa shape index (κ2) is 9.72. The second-order valence-electron chi connectivity index (χ2n) is 7.03. The minimum atomic E-state index is 0.774. The van der Waals surface area contributed by atoms with Crippen LogP contribution in [-0.2, 0) is 13.6 Å². The van der Waals surface area contributed by atoms with E-state index in [1.165, 1.54) is 50.9 Å². The zero-order valence-electron chi connectivity index (χ0n) is 16.0. The molecule has 1 atom stereocenters. The van der Waals surface area contributed by atoms with Crippen molar-refractivity contribution in [1.29, 1.82) is 0 Å². The molecule has 0 aromatic carbocycles. The van der Waals surface area contributed by atoms with E-state index in [9.17, 15) is 0 Å². The maximum atomic E-state index is 4.41. The first-order valence-corrected chi connectivity index (χ1v) is 9.38. The first-order chi connectivity index (χ1) is 11.6. The summed E-state index contributed by atoms with van der Waals surface area (Å²) >= 11 is 0. The van der Waals surface area contributed by atoms with Gasteiger partial charge in [0.2, 0.25) is 0 Å². The number of nitrogens with zero attached hydrogens (tertiary/aromatic N) is 4. The van der Waals surface area contributed by atoms with E-state index in [0.717, 1.165) is 25.1 Å². The lowest BCUT2D eigenvalue weighted by Gasteiger charge is -2.33. The van der Waals surface area contributed by atoms with Crippen LogP contribution in [0, 0.1) is 0 Å².